The molecule has 0 bridgehead atoms. The summed E-state index contributed by atoms with van der Waals surface area (Å²) in [6.45, 7) is 0. The Hall–Kier alpha value is 0.933. The zero-order valence-corrected chi connectivity index (χ0v) is 3.57. The summed E-state index contributed by atoms with van der Waals surface area (Å²) in [5.74, 6) is 0. The molecule has 2 radical (unpaired) electrons. The molecule has 0 rings (SSSR count). The number of rotatable bonds is 0. The molecule has 2 nitrogen and oxygen atoms in total. The number of hydrogen-bond donors (Lipinski definition) is 0. The molecule has 0 aromatic rings. The van der Waals surface area contributed by atoms with Crippen molar-refractivity contribution >= 4 is 0 Å². The molecular weight excluding hydrogens is 150 g/mol. The molecule has 0 unspecified atom stereocenters. The molecule has 0 aliphatic rings. The molecule has 0 aliphatic carbocycles. The summed E-state index contributed by atoms with van der Waals surface area (Å²) in [6, 6.07) is 0. The van der Waals surface area contributed by atoms with Crippen LogP contribution in [0.4, 0.5) is 0 Å². The Balaban J connectivity index is 0. The SMILES string of the molecule is [Co+2].[Co+2].[O-2].[O-2]. The quantitative estimate of drug-likeness (QED) is 0.457. The molecule has 0 N–H and O–H groups in total. The molecule has 0 saturated heterocycles. The zero-order valence-electron chi connectivity index (χ0n) is 1.48. The summed E-state index contributed by atoms with van der Waals surface area (Å²) in [5, 5.41) is 0. The van der Waals surface area contributed by atoms with Crippen LogP contribution < -0.4 is 0 Å². The van der Waals surface area contributed by atoms with E-state index in [0.717, 1.165) is 0 Å². The fraction of sp³-hybridized carbons (Fsp3) is 0. The van der Waals surface area contributed by atoms with Gasteiger partial charge >= 0.3 is 33.6 Å². The fourth-order valence-corrected chi connectivity index (χ4v) is 0. The van der Waals surface area contributed by atoms with Gasteiger partial charge in [-0.1, -0.05) is 0 Å². The van der Waals surface area contributed by atoms with Gasteiger partial charge in [0.15, 0.2) is 0 Å². The smallest absolute Gasteiger partial charge is 2.00 e. The van der Waals surface area contributed by atoms with Gasteiger partial charge in [-0.3, -0.25) is 0 Å². The van der Waals surface area contributed by atoms with Crippen LogP contribution in [-0.2, 0) is 44.5 Å². The Kier molecular flexibility index (Phi) is 852. The van der Waals surface area contributed by atoms with Gasteiger partial charge in [-0.15, -0.1) is 0 Å². The molecule has 0 saturated carbocycles. The first-order valence-corrected chi connectivity index (χ1v) is 0. The summed E-state index contributed by atoms with van der Waals surface area (Å²) in [6.07, 6.45) is 0. The van der Waals surface area contributed by atoms with E-state index in [4.69, 9.17) is 0 Å². The Bertz CT molecular complexity index is 4.00. The Morgan fingerprint density at radius 3 is 0.500 bits per heavy atom. The van der Waals surface area contributed by atoms with Crippen molar-refractivity contribution in [3.05, 3.63) is 0 Å². The molecule has 4 heavy (non-hydrogen) atoms. The molecule has 0 atom stereocenters. The molecule has 0 aromatic carbocycles. The van der Waals surface area contributed by atoms with Crippen molar-refractivity contribution in [3.8, 4) is 0 Å². The summed E-state index contributed by atoms with van der Waals surface area (Å²) >= 11 is 0. The average Bonchev–Trinajstić information content (AvgIpc) is 0. The van der Waals surface area contributed by atoms with Crippen LogP contribution in [0.2, 0.25) is 0 Å². The molecule has 0 fully saturated rings. The van der Waals surface area contributed by atoms with Gasteiger partial charge in [-0.2, -0.15) is 0 Å². The van der Waals surface area contributed by atoms with Gasteiger partial charge in [0.1, 0.15) is 0 Å². The molecule has 30 valence electrons. The Labute approximate surface area is 45.0 Å². The van der Waals surface area contributed by atoms with Crippen LogP contribution in [0.25, 0.3) is 0 Å². The van der Waals surface area contributed by atoms with Crippen molar-refractivity contribution in [2.24, 2.45) is 0 Å². The first kappa shape index (κ1) is 87.7. The van der Waals surface area contributed by atoms with Gasteiger partial charge in [0.2, 0.25) is 0 Å². The van der Waals surface area contributed by atoms with E-state index in [9.17, 15) is 0 Å². The van der Waals surface area contributed by atoms with Crippen LogP contribution in [0.3, 0.4) is 0 Å². The second kappa shape index (κ2) is 38.9. The van der Waals surface area contributed by atoms with Gasteiger partial charge in [-0.05, 0) is 0 Å². The molecule has 0 amide bonds. The maximum atomic E-state index is 0. The van der Waals surface area contributed by atoms with E-state index in [-0.39, 0.29) is 44.5 Å². The Morgan fingerprint density at radius 1 is 0.500 bits per heavy atom. The van der Waals surface area contributed by atoms with Crippen molar-refractivity contribution in [2.75, 3.05) is 0 Å². The summed E-state index contributed by atoms with van der Waals surface area (Å²) in [7, 11) is 0. The monoisotopic (exact) mass is 150 g/mol. The van der Waals surface area contributed by atoms with E-state index < -0.39 is 0 Å². The van der Waals surface area contributed by atoms with Gasteiger partial charge in [0.25, 0.3) is 0 Å². The average molecular weight is 150 g/mol. The molecule has 0 heterocycles. The van der Waals surface area contributed by atoms with E-state index in [1.54, 1.807) is 0 Å². The summed E-state index contributed by atoms with van der Waals surface area (Å²) < 4.78 is 0. The van der Waals surface area contributed by atoms with E-state index in [0.29, 0.717) is 0 Å². The van der Waals surface area contributed by atoms with E-state index in [1.165, 1.54) is 0 Å². The van der Waals surface area contributed by atoms with Crippen molar-refractivity contribution < 1.29 is 44.5 Å². The normalized spacial score (nSPS) is 0. The van der Waals surface area contributed by atoms with E-state index >= 15 is 0 Å². The first-order chi connectivity index (χ1) is 0. The minimum Gasteiger partial charge on any atom is -2.00 e. The van der Waals surface area contributed by atoms with Crippen molar-refractivity contribution in [3.63, 3.8) is 0 Å². The van der Waals surface area contributed by atoms with Gasteiger partial charge in [0, 0.05) is 0 Å². The van der Waals surface area contributed by atoms with Crippen LogP contribution in [0.1, 0.15) is 0 Å². The third-order valence-electron chi connectivity index (χ3n) is 0. The molecule has 0 spiro atoms. The predicted octanol–water partition coefficient (Wildman–Crippen LogP) is -0.243. The van der Waals surface area contributed by atoms with Gasteiger partial charge in [0.05, 0.1) is 0 Å². The third-order valence-corrected chi connectivity index (χ3v) is 0. The zero-order chi connectivity index (χ0) is 0. The van der Waals surface area contributed by atoms with Crippen LogP contribution in [0.5, 0.6) is 0 Å². The fourth-order valence-electron chi connectivity index (χ4n) is 0. The second-order valence-electron chi connectivity index (χ2n) is 0. The van der Waals surface area contributed by atoms with Crippen LogP contribution in [0.15, 0.2) is 0 Å². The minimum atomic E-state index is 0. The minimum absolute atomic E-state index is 0. The maximum absolute atomic E-state index is 0. The summed E-state index contributed by atoms with van der Waals surface area (Å²) in [5.41, 5.74) is 0. The van der Waals surface area contributed by atoms with Crippen molar-refractivity contribution in [2.45, 2.75) is 0 Å². The van der Waals surface area contributed by atoms with Crippen molar-refractivity contribution in [1.82, 2.24) is 0 Å². The maximum Gasteiger partial charge on any atom is 2.00 e. The molecule has 0 aromatic heterocycles. The van der Waals surface area contributed by atoms with Gasteiger partial charge in [-0.25, -0.2) is 0 Å². The van der Waals surface area contributed by atoms with Crippen LogP contribution in [0, 0.1) is 0 Å². The molecule has 4 heteroatoms. The predicted molar refractivity (Wildman–Crippen MR) is 1.37 cm³/mol. The topological polar surface area (TPSA) is 57.0 Å². The molecule has 0 aliphatic heterocycles. The van der Waals surface area contributed by atoms with Gasteiger partial charge < -0.3 is 11.0 Å². The summed E-state index contributed by atoms with van der Waals surface area (Å²) in [4.78, 5) is 0. The van der Waals surface area contributed by atoms with E-state index in [2.05, 4.69) is 0 Å². The third kappa shape index (κ3) is 12.6. The Morgan fingerprint density at radius 2 is 0.500 bits per heavy atom. The molecular formula is Co2O2. The van der Waals surface area contributed by atoms with Crippen LogP contribution in [-0.4, -0.2) is 0 Å². The van der Waals surface area contributed by atoms with Crippen molar-refractivity contribution in [1.29, 1.82) is 0 Å². The van der Waals surface area contributed by atoms with Crippen LogP contribution >= 0.6 is 0 Å². The second-order valence-corrected chi connectivity index (χ2v) is 0. The largest absolute Gasteiger partial charge is 2.00 e. The van der Waals surface area contributed by atoms with E-state index in [1.807, 2.05) is 0 Å². The standard InChI is InChI=1S/2Co.2O/q2*+2;2*-2. The number of hydrogen-bond acceptors (Lipinski definition) is 0. The first-order valence-electron chi connectivity index (χ1n) is 0.